The number of aliphatic hydroxyl groups excluding tert-OH is 1. The highest BCUT2D eigenvalue weighted by molar-refractivity contribution is 7.60. The standard InChI is InChI=1S/C32H55OP/c33-29-21-19-23-11-7-9-17-27(23)31(29)32-28-18-10-8-12-24(28)20-22-30(32)34(25-13-3-1-4-14-25)26-15-5-2-6-16-26/h23-33H,1-22H2. The lowest BCUT2D eigenvalue weighted by molar-refractivity contribution is -0.0788. The van der Waals surface area contributed by atoms with E-state index in [-0.39, 0.29) is 14.0 Å². The molecule has 0 saturated heterocycles. The summed E-state index contributed by atoms with van der Waals surface area (Å²) in [5.74, 6) is 5.40. The van der Waals surface area contributed by atoms with Gasteiger partial charge in [-0.15, -0.1) is 0 Å². The molecule has 0 spiro atoms. The molecule has 1 nitrogen and oxygen atoms in total. The van der Waals surface area contributed by atoms with Crippen LogP contribution in [0.25, 0.3) is 0 Å². The predicted octanol–water partition coefficient (Wildman–Crippen LogP) is 9.30. The fourth-order valence-electron chi connectivity index (χ4n) is 11.0. The Morgan fingerprint density at radius 2 is 0.882 bits per heavy atom. The van der Waals surface area contributed by atoms with Crippen molar-refractivity contribution in [2.75, 3.05) is 0 Å². The summed E-state index contributed by atoms with van der Waals surface area (Å²) in [6.45, 7) is 0. The predicted molar refractivity (Wildman–Crippen MR) is 147 cm³/mol. The van der Waals surface area contributed by atoms with Gasteiger partial charge in [-0.05, 0) is 117 Å². The number of aliphatic hydroxyl groups is 1. The number of rotatable bonds is 4. The molecule has 194 valence electrons. The van der Waals surface area contributed by atoms with Gasteiger partial charge < -0.3 is 5.11 Å². The third-order valence-corrected chi connectivity index (χ3v) is 16.4. The lowest BCUT2D eigenvalue weighted by Gasteiger charge is -2.58. The van der Waals surface area contributed by atoms with Gasteiger partial charge in [0.05, 0.1) is 6.10 Å². The Kier molecular flexibility index (Phi) is 8.30. The summed E-state index contributed by atoms with van der Waals surface area (Å²) in [4.78, 5) is 0. The topological polar surface area (TPSA) is 20.2 Å². The number of hydrogen-bond acceptors (Lipinski definition) is 1. The fourth-order valence-corrected chi connectivity index (χ4v) is 15.8. The van der Waals surface area contributed by atoms with Crippen LogP contribution in [-0.2, 0) is 0 Å². The highest BCUT2D eigenvalue weighted by Gasteiger charge is 2.54. The maximum absolute atomic E-state index is 11.8. The highest BCUT2D eigenvalue weighted by Crippen LogP contribution is 2.67. The summed E-state index contributed by atoms with van der Waals surface area (Å²) in [7, 11) is 0.134. The first kappa shape index (κ1) is 24.7. The normalized spacial score (nSPS) is 45.0. The highest BCUT2D eigenvalue weighted by atomic mass is 31.1. The molecule has 2 heteroatoms. The smallest absolute Gasteiger partial charge is 0.0574 e. The largest absolute Gasteiger partial charge is 0.393 e. The maximum atomic E-state index is 11.8. The molecule has 8 atom stereocenters. The van der Waals surface area contributed by atoms with E-state index >= 15 is 0 Å². The van der Waals surface area contributed by atoms with Gasteiger partial charge in [0.25, 0.3) is 0 Å². The molecule has 0 aromatic rings. The zero-order chi connectivity index (χ0) is 22.9. The summed E-state index contributed by atoms with van der Waals surface area (Å²) in [6, 6.07) is 0. The van der Waals surface area contributed by atoms with Crippen molar-refractivity contribution >= 4 is 7.92 Å². The minimum Gasteiger partial charge on any atom is -0.393 e. The second kappa shape index (κ2) is 11.4. The Labute approximate surface area is 212 Å². The van der Waals surface area contributed by atoms with Crippen LogP contribution in [0, 0.1) is 35.5 Å². The Hall–Kier alpha value is 0.390. The van der Waals surface area contributed by atoms with Crippen molar-refractivity contribution in [1.82, 2.24) is 0 Å². The fraction of sp³-hybridized carbons (Fsp3) is 1.00. The number of hydrogen-bond donors (Lipinski definition) is 1. The van der Waals surface area contributed by atoms with Crippen LogP contribution < -0.4 is 0 Å². The van der Waals surface area contributed by atoms with Crippen LogP contribution in [0.3, 0.4) is 0 Å². The minimum atomic E-state index is 0.0297. The summed E-state index contributed by atoms with van der Waals surface area (Å²) in [6.07, 6.45) is 32.9. The van der Waals surface area contributed by atoms with Crippen LogP contribution in [0.1, 0.15) is 141 Å². The first-order valence-electron chi connectivity index (χ1n) is 16.3. The molecule has 0 bridgehead atoms. The van der Waals surface area contributed by atoms with Crippen LogP contribution in [0.15, 0.2) is 0 Å². The SMILES string of the molecule is OC1CCC2CCCCC2C1C1C2CCCCC2CCC1P(C1CCCCC1)C1CCCCC1. The quantitative estimate of drug-likeness (QED) is 0.392. The molecule has 0 heterocycles. The van der Waals surface area contributed by atoms with Gasteiger partial charge in [0.15, 0.2) is 0 Å². The molecule has 0 aliphatic heterocycles. The van der Waals surface area contributed by atoms with Gasteiger partial charge in [-0.2, -0.15) is 0 Å². The van der Waals surface area contributed by atoms with Crippen LogP contribution in [0.4, 0.5) is 0 Å². The van der Waals surface area contributed by atoms with E-state index < -0.39 is 0 Å². The van der Waals surface area contributed by atoms with Gasteiger partial charge in [-0.25, -0.2) is 0 Å². The van der Waals surface area contributed by atoms with Crippen molar-refractivity contribution < 1.29 is 5.11 Å². The lowest BCUT2D eigenvalue weighted by atomic mass is 9.53. The molecular formula is C32H55OP. The van der Waals surface area contributed by atoms with Gasteiger partial charge in [-0.1, -0.05) is 85.0 Å². The second-order valence-corrected chi connectivity index (χ2v) is 16.9. The van der Waals surface area contributed by atoms with Crippen LogP contribution >= 0.6 is 7.92 Å². The van der Waals surface area contributed by atoms with Crippen molar-refractivity contribution in [2.24, 2.45) is 35.5 Å². The van der Waals surface area contributed by atoms with Crippen LogP contribution in [-0.4, -0.2) is 28.2 Å². The molecule has 6 aliphatic carbocycles. The summed E-state index contributed by atoms with van der Waals surface area (Å²) < 4.78 is 0. The first-order chi connectivity index (χ1) is 16.8. The first-order valence-corrected chi connectivity index (χ1v) is 17.8. The monoisotopic (exact) mass is 486 g/mol. The van der Waals surface area contributed by atoms with Crippen molar-refractivity contribution in [3.05, 3.63) is 0 Å². The van der Waals surface area contributed by atoms with E-state index in [0.717, 1.165) is 53.0 Å². The molecular weight excluding hydrogens is 431 g/mol. The van der Waals surface area contributed by atoms with E-state index in [1.165, 1.54) is 96.3 Å². The van der Waals surface area contributed by atoms with E-state index in [9.17, 15) is 5.11 Å². The molecule has 34 heavy (non-hydrogen) atoms. The molecule has 6 aliphatic rings. The molecule has 0 aromatic heterocycles. The van der Waals surface area contributed by atoms with Gasteiger partial charge >= 0.3 is 0 Å². The molecule has 6 saturated carbocycles. The van der Waals surface area contributed by atoms with Gasteiger partial charge in [-0.3, -0.25) is 0 Å². The number of fused-ring (bicyclic) bond motifs is 2. The average molecular weight is 487 g/mol. The van der Waals surface area contributed by atoms with E-state index in [0.29, 0.717) is 5.92 Å². The molecule has 1 N–H and O–H groups in total. The molecule has 6 fully saturated rings. The zero-order valence-corrected chi connectivity index (χ0v) is 23.1. The average Bonchev–Trinajstić information content (AvgIpc) is 2.90. The second-order valence-electron chi connectivity index (χ2n) is 13.9. The molecule has 8 unspecified atom stereocenters. The van der Waals surface area contributed by atoms with E-state index in [1.54, 1.807) is 38.5 Å². The van der Waals surface area contributed by atoms with Crippen molar-refractivity contribution in [2.45, 2.75) is 164 Å². The Morgan fingerprint density at radius 1 is 0.412 bits per heavy atom. The molecule has 6 rings (SSSR count). The van der Waals surface area contributed by atoms with Crippen molar-refractivity contribution in [3.8, 4) is 0 Å². The van der Waals surface area contributed by atoms with Crippen LogP contribution in [0.5, 0.6) is 0 Å². The summed E-state index contributed by atoms with van der Waals surface area (Å²) in [5.41, 5.74) is 3.19. The van der Waals surface area contributed by atoms with Crippen molar-refractivity contribution in [1.29, 1.82) is 0 Å². The van der Waals surface area contributed by atoms with Gasteiger partial charge in [0.2, 0.25) is 0 Å². The molecule has 0 radical (unpaired) electrons. The van der Waals surface area contributed by atoms with Crippen LogP contribution in [0.2, 0.25) is 0 Å². The third-order valence-electron chi connectivity index (χ3n) is 12.3. The summed E-state index contributed by atoms with van der Waals surface area (Å²) >= 11 is 0. The van der Waals surface area contributed by atoms with Gasteiger partial charge in [0, 0.05) is 0 Å². The zero-order valence-electron chi connectivity index (χ0n) is 22.2. The van der Waals surface area contributed by atoms with E-state index in [1.807, 2.05) is 0 Å². The van der Waals surface area contributed by atoms with E-state index in [2.05, 4.69) is 0 Å². The minimum absolute atomic E-state index is 0.0297. The third kappa shape index (κ3) is 4.94. The Bertz CT molecular complexity index is 619. The van der Waals surface area contributed by atoms with E-state index in [4.69, 9.17) is 0 Å². The molecule has 0 amide bonds. The van der Waals surface area contributed by atoms with Gasteiger partial charge in [0.1, 0.15) is 0 Å². The Balaban J connectivity index is 1.36. The Morgan fingerprint density at radius 3 is 1.47 bits per heavy atom. The molecule has 0 aromatic carbocycles. The summed E-state index contributed by atoms with van der Waals surface area (Å²) in [5, 5.41) is 11.8. The van der Waals surface area contributed by atoms with Crippen molar-refractivity contribution in [3.63, 3.8) is 0 Å². The maximum Gasteiger partial charge on any atom is 0.0574 e. The lowest BCUT2D eigenvalue weighted by Crippen LogP contribution is -2.53.